The van der Waals surface area contributed by atoms with Gasteiger partial charge in [0.15, 0.2) is 0 Å². The third-order valence-electron chi connectivity index (χ3n) is 3.49. The summed E-state index contributed by atoms with van der Waals surface area (Å²) in [6.07, 6.45) is 2.53. The van der Waals surface area contributed by atoms with Gasteiger partial charge < -0.3 is 20.3 Å². The highest BCUT2D eigenvalue weighted by molar-refractivity contribution is 5.88. The van der Waals surface area contributed by atoms with Crippen LogP contribution in [0.4, 0.5) is 0 Å². The van der Waals surface area contributed by atoms with E-state index in [4.69, 9.17) is 4.74 Å². The van der Waals surface area contributed by atoms with Gasteiger partial charge >= 0.3 is 0 Å². The molecule has 6 nitrogen and oxygen atoms in total. The molecule has 0 spiro atoms. The largest absolute Gasteiger partial charge is 0.378 e. The van der Waals surface area contributed by atoms with Gasteiger partial charge in [0, 0.05) is 13.1 Å². The number of nitrogens with one attached hydrogen (secondary N) is 2. The molecule has 0 radical (unpaired) electrons. The molecule has 1 unspecified atom stereocenters. The van der Waals surface area contributed by atoms with E-state index in [0.717, 1.165) is 12.5 Å². The van der Waals surface area contributed by atoms with E-state index in [2.05, 4.69) is 10.6 Å². The quantitative estimate of drug-likeness (QED) is 0.672. The van der Waals surface area contributed by atoms with Crippen LogP contribution in [0, 0.1) is 5.92 Å². The van der Waals surface area contributed by atoms with Crippen LogP contribution in [0.3, 0.4) is 0 Å². The van der Waals surface area contributed by atoms with Crippen molar-refractivity contribution in [2.24, 2.45) is 5.92 Å². The Bertz CT molecular complexity index is 325. The summed E-state index contributed by atoms with van der Waals surface area (Å²) in [4.78, 5) is 25.5. The van der Waals surface area contributed by atoms with Crippen molar-refractivity contribution in [1.29, 1.82) is 0 Å². The van der Waals surface area contributed by atoms with Crippen LogP contribution in [-0.2, 0) is 14.3 Å². The topological polar surface area (TPSA) is 70.7 Å². The molecule has 2 fully saturated rings. The molecule has 2 N–H and O–H groups in total. The molecule has 19 heavy (non-hydrogen) atoms. The van der Waals surface area contributed by atoms with Crippen LogP contribution in [0.25, 0.3) is 0 Å². The van der Waals surface area contributed by atoms with Gasteiger partial charge in [0.1, 0.15) is 6.04 Å². The average Bonchev–Trinajstić information content (AvgIpc) is 3.23. The molecule has 6 heteroatoms. The molecule has 2 rings (SSSR count). The summed E-state index contributed by atoms with van der Waals surface area (Å²) in [5, 5.41) is 5.85. The molecule has 0 aromatic rings. The molecular formula is C13H23N3O3. The lowest BCUT2D eigenvalue weighted by Crippen LogP contribution is -2.51. The number of carbonyl (C=O) groups excluding carboxylic acids is 2. The summed E-state index contributed by atoms with van der Waals surface area (Å²) >= 11 is 0. The molecule has 1 aliphatic heterocycles. The Balaban J connectivity index is 1.64. The highest BCUT2D eigenvalue weighted by Crippen LogP contribution is 2.27. The van der Waals surface area contributed by atoms with E-state index in [0.29, 0.717) is 26.3 Å². The predicted molar refractivity (Wildman–Crippen MR) is 70.6 cm³/mol. The van der Waals surface area contributed by atoms with Gasteiger partial charge in [-0.2, -0.15) is 0 Å². The Labute approximate surface area is 113 Å². The first-order valence-electron chi connectivity index (χ1n) is 7.03. The van der Waals surface area contributed by atoms with Gasteiger partial charge in [-0.3, -0.25) is 9.59 Å². The fourth-order valence-electron chi connectivity index (χ4n) is 2.12. The van der Waals surface area contributed by atoms with Crippen LogP contribution in [0.5, 0.6) is 0 Å². The molecule has 2 aliphatic rings. The standard InChI is InChI=1S/C13H23N3O3/c1-10(13(18)16-4-6-19-7-5-16)15-12(17)9-14-8-11-2-3-11/h10-11,14H,2-9H2,1H3,(H,15,17). The summed E-state index contributed by atoms with van der Waals surface area (Å²) in [7, 11) is 0. The highest BCUT2D eigenvalue weighted by atomic mass is 16.5. The summed E-state index contributed by atoms with van der Waals surface area (Å²) in [5.41, 5.74) is 0. The van der Waals surface area contributed by atoms with E-state index in [1.54, 1.807) is 11.8 Å². The average molecular weight is 269 g/mol. The maximum Gasteiger partial charge on any atom is 0.245 e. The van der Waals surface area contributed by atoms with Crippen molar-refractivity contribution in [1.82, 2.24) is 15.5 Å². The molecule has 1 heterocycles. The van der Waals surface area contributed by atoms with Crippen LogP contribution in [0.1, 0.15) is 19.8 Å². The fraction of sp³-hybridized carbons (Fsp3) is 0.846. The lowest BCUT2D eigenvalue weighted by atomic mass is 10.2. The van der Waals surface area contributed by atoms with Gasteiger partial charge in [-0.05, 0) is 32.2 Å². The number of hydrogen-bond acceptors (Lipinski definition) is 4. The third-order valence-corrected chi connectivity index (χ3v) is 3.49. The molecule has 2 amide bonds. The SMILES string of the molecule is CC(NC(=O)CNCC1CC1)C(=O)N1CCOCC1. The van der Waals surface area contributed by atoms with Crippen LogP contribution >= 0.6 is 0 Å². The van der Waals surface area contributed by atoms with Crippen molar-refractivity contribution in [3.63, 3.8) is 0 Å². The monoisotopic (exact) mass is 269 g/mol. The molecule has 0 aromatic heterocycles. The summed E-state index contributed by atoms with van der Waals surface area (Å²) < 4.78 is 5.20. The minimum Gasteiger partial charge on any atom is -0.378 e. The Morgan fingerprint density at radius 1 is 1.32 bits per heavy atom. The first-order chi connectivity index (χ1) is 9.16. The Kier molecular flexibility index (Phi) is 5.15. The number of carbonyl (C=O) groups is 2. The minimum absolute atomic E-state index is 0.0288. The van der Waals surface area contributed by atoms with Crippen LogP contribution < -0.4 is 10.6 Å². The number of morpholine rings is 1. The van der Waals surface area contributed by atoms with Crippen molar-refractivity contribution in [2.75, 3.05) is 39.4 Å². The van der Waals surface area contributed by atoms with E-state index in [-0.39, 0.29) is 18.4 Å². The second kappa shape index (κ2) is 6.86. The third kappa shape index (κ3) is 4.80. The smallest absolute Gasteiger partial charge is 0.245 e. The molecule has 0 aromatic carbocycles. The van der Waals surface area contributed by atoms with Crippen LogP contribution in [-0.4, -0.2) is 62.1 Å². The van der Waals surface area contributed by atoms with Gasteiger partial charge in [0.25, 0.3) is 0 Å². The zero-order valence-electron chi connectivity index (χ0n) is 11.5. The lowest BCUT2D eigenvalue weighted by Gasteiger charge is -2.29. The fourth-order valence-corrected chi connectivity index (χ4v) is 2.12. The van der Waals surface area contributed by atoms with Gasteiger partial charge in [-0.15, -0.1) is 0 Å². The number of amides is 2. The zero-order valence-corrected chi connectivity index (χ0v) is 11.5. The maximum atomic E-state index is 12.1. The van der Waals surface area contributed by atoms with Crippen molar-refractivity contribution in [3.8, 4) is 0 Å². The summed E-state index contributed by atoms with van der Waals surface area (Å²) in [6.45, 7) is 5.30. The second-order valence-corrected chi connectivity index (χ2v) is 5.30. The van der Waals surface area contributed by atoms with Gasteiger partial charge in [0.05, 0.1) is 19.8 Å². The molecule has 1 saturated heterocycles. The zero-order chi connectivity index (χ0) is 13.7. The summed E-state index contributed by atoms with van der Waals surface area (Å²) in [5.74, 6) is 0.605. The maximum absolute atomic E-state index is 12.1. The predicted octanol–water partition coefficient (Wildman–Crippen LogP) is -0.650. The Hall–Kier alpha value is -1.14. The number of nitrogens with zero attached hydrogens (tertiary/aromatic N) is 1. The Morgan fingerprint density at radius 3 is 2.63 bits per heavy atom. The van der Waals surface area contributed by atoms with Gasteiger partial charge in [-0.1, -0.05) is 0 Å². The van der Waals surface area contributed by atoms with E-state index in [1.165, 1.54) is 12.8 Å². The Morgan fingerprint density at radius 2 is 2.00 bits per heavy atom. The van der Waals surface area contributed by atoms with E-state index < -0.39 is 6.04 Å². The lowest BCUT2D eigenvalue weighted by molar-refractivity contribution is -0.139. The first-order valence-corrected chi connectivity index (χ1v) is 7.03. The van der Waals surface area contributed by atoms with E-state index in [9.17, 15) is 9.59 Å². The van der Waals surface area contributed by atoms with Gasteiger partial charge in [0.2, 0.25) is 11.8 Å². The molecule has 1 saturated carbocycles. The first kappa shape index (κ1) is 14.3. The number of ether oxygens (including phenoxy) is 1. The molecule has 0 bridgehead atoms. The van der Waals surface area contributed by atoms with Crippen LogP contribution in [0.15, 0.2) is 0 Å². The molecule has 1 aliphatic carbocycles. The summed E-state index contributed by atoms with van der Waals surface area (Å²) in [6, 6.07) is -0.465. The molecular weight excluding hydrogens is 246 g/mol. The van der Waals surface area contributed by atoms with Crippen molar-refractivity contribution >= 4 is 11.8 Å². The molecule has 1 atom stereocenters. The van der Waals surface area contributed by atoms with Crippen molar-refractivity contribution < 1.29 is 14.3 Å². The van der Waals surface area contributed by atoms with Crippen molar-refractivity contribution in [3.05, 3.63) is 0 Å². The normalized spacial score (nSPS) is 21.0. The van der Waals surface area contributed by atoms with E-state index >= 15 is 0 Å². The van der Waals surface area contributed by atoms with Crippen molar-refractivity contribution in [2.45, 2.75) is 25.8 Å². The second-order valence-electron chi connectivity index (χ2n) is 5.30. The minimum atomic E-state index is -0.465. The van der Waals surface area contributed by atoms with E-state index in [1.807, 2.05) is 0 Å². The molecule has 108 valence electrons. The highest BCUT2D eigenvalue weighted by Gasteiger charge is 2.24. The van der Waals surface area contributed by atoms with Gasteiger partial charge in [-0.25, -0.2) is 0 Å². The van der Waals surface area contributed by atoms with Crippen LogP contribution in [0.2, 0.25) is 0 Å². The number of hydrogen-bond donors (Lipinski definition) is 2. The number of rotatable bonds is 6.